The van der Waals surface area contributed by atoms with Crippen molar-refractivity contribution in [2.24, 2.45) is 23.7 Å². The van der Waals surface area contributed by atoms with Crippen LogP contribution in [0.2, 0.25) is 0 Å². The number of benzene rings is 4. The van der Waals surface area contributed by atoms with Crippen molar-refractivity contribution >= 4 is 40.4 Å². The summed E-state index contributed by atoms with van der Waals surface area (Å²) in [7, 11) is -0.392. The van der Waals surface area contributed by atoms with Crippen molar-refractivity contribution in [2.45, 2.75) is 168 Å². The van der Waals surface area contributed by atoms with Gasteiger partial charge in [-0.2, -0.15) is 0 Å². The summed E-state index contributed by atoms with van der Waals surface area (Å²) in [5.41, 5.74) is 13.3. The molecule has 6 aromatic rings. The molecule has 0 unspecified atom stereocenters. The lowest BCUT2D eigenvalue weighted by Gasteiger charge is -2.32. The van der Waals surface area contributed by atoms with Gasteiger partial charge in [-0.25, -0.2) is 9.97 Å². The number of hydrogen-bond acceptors (Lipinski definition) is 14. The van der Waals surface area contributed by atoms with Crippen LogP contribution in [0.25, 0.3) is 11.1 Å². The van der Waals surface area contributed by atoms with E-state index < -0.39 is 18.3 Å². The van der Waals surface area contributed by atoms with E-state index in [1.165, 1.54) is 38.9 Å². The van der Waals surface area contributed by atoms with Gasteiger partial charge in [0.25, 0.3) is 0 Å². The quantitative estimate of drug-likeness (QED) is 0.0546. The normalized spacial score (nSPS) is 22.7. The van der Waals surface area contributed by atoms with Crippen molar-refractivity contribution < 1.29 is 57.5 Å². The first kappa shape index (κ1) is 61.4. The third kappa shape index (κ3) is 13.7. The van der Waals surface area contributed by atoms with Gasteiger partial charge in [-0.05, 0) is 222 Å². The zero-order valence-corrected chi connectivity index (χ0v) is 53.0. The molecule has 2 N–H and O–H groups in total. The number of ether oxygens (including phenoxy) is 6. The van der Waals surface area contributed by atoms with Crippen molar-refractivity contribution in [3.05, 3.63) is 157 Å². The number of aliphatic hydroxyl groups is 2. The highest BCUT2D eigenvalue weighted by atomic mass is 79.9. The first-order chi connectivity index (χ1) is 41.0. The van der Waals surface area contributed by atoms with Gasteiger partial charge >= 0.3 is 19.1 Å². The van der Waals surface area contributed by atoms with Gasteiger partial charge < -0.3 is 47.9 Å². The fourth-order valence-corrected chi connectivity index (χ4v) is 12.9. The molecular formula is C70H82BBrN2O12. The molecule has 6 aliphatic carbocycles. The SMILES string of the molecule is CCOC(=O)[C@H]1[C@@H]2Cc3cc(OCc4cccc(-c5c(C)cc(OCCC6(O)CC6)cc5C)c4)ncc3[C@@H]21.CCOC(=O)[C@H]1[C@@H]2Cc3cc(OCc4cccc(B5OC(C)(C)C(C)(C)O5)c4)ncc3[C@@H]21.Cc1cc(OCCC2(O)CC2)cc(C)c1Br. The number of fused-ring (bicyclic) bond motifs is 6. The maximum absolute atomic E-state index is 12.1. The largest absolute Gasteiger partial charge is 0.494 e. The average molecular weight is 1230 g/mol. The molecule has 0 spiro atoms. The molecule has 14 nitrogen and oxygen atoms in total. The van der Waals surface area contributed by atoms with Crippen LogP contribution in [-0.4, -0.2) is 88.1 Å². The number of aryl methyl sites for hydroxylation is 4. The molecule has 3 heterocycles. The fourth-order valence-electron chi connectivity index (χ4n) is 12.7. The van der Waals surface area contributed by atoms with E-state index in [0.29, 0.717) is 69.7 Å². The lowest BCUT2D eigenvalue weighted by atomic mass is 9.78. The Morgan fingerprint density at radius 2 is 1.05 bits per heavy atom. The van der Waals surface area contributed by atoms with Crippen molar-refractivity contribution in [1.29, 1.82) is 0 Å². The van der Waals surface area contributed by atoms with Crippen LogP contribution in [0.3, 0.4) is 0 Å². The number of nitrogens with zero attached hydrogens (tertiary/aromatic N) is 2. The first-order valence-corrected chi connectivity index (χ1v) is 31.5. The number of esters is 2. The summed E-state index contributed by atoms with van der Waals surface area (Å²) in [5.74, 6) is 4.07. The minimum absolute atomic E-state index is 0.00156. The molecule has 86 heavy (non-hydrogen) atoms. The minimum Gasteiger partial charge on any atom is -0.493 e. The fraction of sp³-hybridized carbons (Fsp3) is 0.486. The monoisotopic (exact) mass is 1230 g/mol. The maximum atomic E-state index is 12.1. The van der Waals surface area contributed by atoms with Gasteiger partial charge in [0.05, 0.1) is 60.7 Å². The van der Waals surface area contributed by atoms with Crippen LogP contribution >= 0.6 is 15.9 Å². The summed E-state index contributed by atoms with van der Waals surface area (Å²) in [4.78, 5) is 33.2. The second-order valence-electron chi connectivity index (χ2n) is 25.8. The molecule has 13 rings (SSSR count). The van der Waals surface area contributed by atoms with Gasteiger partial charge in [-0.3, -0.25) is 9.59 Å². The van der Waals surface area contributed by atoms with E-state index in [9.17, 15) is 19.8 Å². The van der Waals surface area contributed by atoms with Crippen LogP contribution in [0, 0.1) is 51.4 Å². The highest BCUT2D eigenvalue weighted by Gasteiger charge is 2.61. The van der Waals surface area contributed by atoms with Gasteiger partial charge in [0.15, 0.2) is 0 Å². The van der Waals surface area contributed by atoms with E-state index in [1.807, 2.05) is 68.7 Å². The molecular weight excluding hydrogens is 1150 g/mol. The van der Waals surface area contributed by atoms with E-state index >= 15 is 0 Å². The molecule has 0 bridgehead atoms. The number of hydrogen-bond donors (Lipinski definition) is 2. The maximum Gasteiger partial charge on any atom is 0.494 e. The summed E-state index contributed by atoms with van der Waals surface area (Å²) in [5, 5.41) is 19.7. The standard InChI is InChI=1S/C32H35NO5.C25H30BNO5.C13H17BrO2/c1-4-36-31(34)30-25-15-23-16-27(33-17-26(23)29(25)30)38-18-21-6-5-7-22(14-21)28-19(2)12-24(13-20(28)3)37-11-10-32(35)8-9-32;1-6-29-23(28)22-18-11-16-12-20(27-13-19(16)21(18)22)30-14-15-8-7-9-17(10-15)26-31-24(2,3)25(4,5)32-26;1-9-7-11(8-10(2)12(9)14)16-6-5-13(15)3-4-13/h5-7,12-14,16-17,25,29-30,35H,4,8-11,15,18H2,1-3H3;7-10,12-13,18,21-22H,6,11,14H2,1-5H3;7-8,15H,3-6H2,1-2H3/t25-,29-,30+;18-,21-,22+;/m11./s1. The van der Waals surface area contributed by atoms with Gasteiger partial charge in [0.1, 0.15) is 24.7 Å². The molecule has 7 aliphatic rings. The van der Waals surface area contributed by atoms with Crippen LogP contribution in [0.4, 0.5) is 0 Å². The smallest absolute Gasteiger partial charge is 0.493 e. The molecule has 6 atom stereocenters. The van der Waals surface area contributed by atoms with E-state index in [2.05, 4.69) is 124 Å². The molecule has 1 aliphatic heterocycles. The summed E-state index contributed by atoms with van der Waals surface area (Å²) in [6, 6.07) is 28.8. The lowest BCUT2D eigenvalue weighted by Crippen LogP contribution is -2.41. The lowest BCUT2D eigenvalue weighted by molar-refractivity contribution is -0.146. The third-order valence-electron chi connectivity index (χ3n) is 18.8. The highest BCUT2D eigenvalue weighted by molar-refractivity contribution is 9.10. The topological polar surface area (TPSA) is 174 Å². The number of pyridine rings is 2. The van der Waals surface area contributed by atoms with Crippen molar-refractivity contribution in [3.8, 4) is 34.4 Å². The summed E-state index contributed by atoms with van der Waals surface area (Å²) >= 11 is 3.53. The Morgan fingerprint density at radius 3 is 1.50 bits per heavy atom. The molecule has 5 fully saturated rings. The molecule has 454 valence electrons. The number of carbonyl (C=O) groups excluding carboxylic acids is 2. The van der Waals surface area contributed by atoms with E-state index in [4.69, 9.17) is 37.7 Å². The molecule has 16 heteroatoms. The zero-order valence-electron chi connectivity index (χ0n) is 51.4. The van der Waals surface area contributed by atoms with Gasteiger partial charge in [-0.1, -0.05) is 58.4 Å². The number of halogens is 1. The second kappa shape index (κ2) is 24.7. The summed E-state index contributed by atoms with van der Waals surface area (Å²) in [6.07, 6.45) is 10.6. The van der Waals surface area contributed by atoms with Crippen molar-refractivity contribution in [2.75, 3.05) is 26.4 Å². The Kier molecular flexibility index (Phi) is 17.6. The molecule has 4 saturated carbocycles. The molecule has 1 saturated heterocycles. The molecule has 2 aromatic heterocycles. The molecule has 0 radical (unpaired) electrons. The zero-order chi connectivity index (χ0) is 60.9. The predicted octanol–water partition coefficient (Wildman–Crippen LogP) is 12.5. The predicted molar refractivity (Wildman–Crippen MR) is 333 cm³/mol. The summed E-state index contributed by atoms with van der Waals surface area (Å²) in [6.45, 7) is 23.1. The van der Waals surface area contributed by atoms with E-state index in [-0.39, 0.29) is 46.8 Å². The third-order valence-corrected chi connectivity index (χ3v) is 20.0. The minimum atomic E-state index is -0.491. The first-order valence-electron chi connectivity index (χ1n) is 30.7. The van der Waals surface area contributed by atoms with Crippen LogP contribution < -0.4 is 24.4 Å². The van der Waals surface area contributed by atoms with Crippen LogP contribution in [0.5, 0.6) is 23.3 Å². The highest BCUT2D eigenvalue weighted by Crippen LogP contribution is 2.63. The summed E-state index contributed by atoms with van der Waals surface area (Å²) < 4.78 is 47.6. The van der Waals surface area contributed by atoms with Crippen molar-refractivity contribution in [3.63, 3.8) is 0 Å². The number of rotatable bonds is 20. The van der Waals surface area contributed by atoms with Crippen molar-refractivity contribution in [1.82, 2.24) is 9.97 Å². The second-order valence-corrected chi connectivity index (χ2v) is 26.6. The Hall–Kier alpha value is -6.30. The number of aromatic nitrogens is 2. The Labute approximate surface area is 515 Å². The van der Waals surface area contributed by atoms with E-state index in [0.717, 1.165) is 94.2 Å². The van der Waals surface area contributed by atoms with Gasteiger partial charge in [-0.15, -0.1) is 0 Å². The Balaban J connectivity index is 0.000000144. The number of carbonyl (C=O) groups is 2. The Morgan fingerprint density at radius 1 is 0.605 bits per heavy atom. The molecule has 0 amide bonds. The average Bonchev–Trinajstić information content (AvgIpc) is 1.70. The van der Waals surface area contributed by atoms with Crippen LogP contribution in [0.1, 0.15) is 148 Å². The Bertz CT molecular complexity index is 3440. The van der Waals surface area contributed by atoms with Crippen LogP contribution in [-0.2, 0) is 54.4 Å². The van der Waals surface area contributed by atoms with Crippen LogP contribution in [0.15, 0.2) is 102 Å². The van der Waals surface area contributed by atoms with E-state index in [1.54, 1.807) is 0 Å². The van der Waals surface area contributed by atoms with Gasteiger partial charge in [0, 0.05) is 53.7 Å². The van der Waals surface area contributed by atoms with Gasteiger partial charge in [0.2, 0.25) is 11.8 Å². The molecule has 4 aromatic carbocycles.